The molecule has 0 bridgehead atoms. The van der Waals surface area contributed by atoms with E-state index in [-0.39, 0.29) is 18.3 Å². The van der Waals surface area contributed by atoms with Crippen molar-refractivity contribution in [2.75, 3.05) is 12.0 Å². The molecular formula is C24H22N2O3. The summed E-state index contributed by atoms with van der Waals surface area (Å²) in [6.45, 7) is 0. The largest absolute Gasteiger partial charge is 0.469 e. The highest BCUT2D eigenvalue weighted by atomic mass is 16.5. The molecule has 1 aliphatic heterocycles. The van der Waals surface area contributed by atoms with Crippen LogP contribution in [0.15, 0.2) is 79.1 Å². The number of rotatable bonds is 6. The average Bonchev–Trinajstić information content (AvgIpc) is 3.01. The van der Waals surface area contributed by atoms with Gasteiger partial charge >= 0.3 is 5.97 Å². The minimum Gasteiger partial charge on any atom is -0.469 e. The fraction of sp³-hybridized carbons (Fsp3) is 0.208. The molecule has 0 radical (unpaired) electrons. The van der Waals surface area contributed by atoms with Crippen LogP contribution in [0.2, 0.25) is 0 Å². The fourth-order valence-electron chi connectivity index (χ4n) is 4.11. The SMILES string of the molecule is COC(=O)CCC1(Cc2ccncc2)C(=O)N(c2ccccc2)c2ccccc21. The number of methoxy groups -OCH3 is 1. The highest BCUT2D eigenvalue weighted by Crippen LogP contribution is 2.49. The highest BCUT2D eigenvalue weighted by molar-refractivity contribution is 6.13. The molecule has 29 heavy (non-hydrogen) atoms. The van der Waals surface area contributed by atoms with Crippen LogP contribution in [0.1, 0.15) is 24.0 Å². The van der Waals surface area contributed by atoms with Crippen molar-refractivity contribution in [1.82, 2.24) is 4.98 Å². The van der Waals surface area contributed by atoms with Crippen LogP contribution in [0, 0.1) is 0 Å². The van der Waals surface area contributed by atoms with E-state index in [9.17, 15) is 9.59 Å². The second-order valence-electron chi connectivity index (χ2n) is 7.18. The molecule has 0 saturated heterocycles. The Labute approximate surface area is 170 Å². The van der Waals surface area contributed by atoms with Gasteiger partial charge < -0.3 is 4.74 Å². The molecule has 4 rings (SSSR count). The number of benzene rings is 2. The van der Waals surface area contributed by atoms with Gasteiger partial charge in [-0.2, -0.15) is 0 Å². The molecule has 0 fully saturated rings. The maximum atomic E-state index is 13.9. The van der Waals surface area contributed by atoms with Crippen molar-refractivity contribution in [3.63, 3.8) is 0 Å². The van der Waals surface area contributed by atoms with Crippen molar-refractivity contribution < 1.29 is 14.3 Å². The zero-order chi connectivity index (χ0) is 20.3. The van der Waals surface area contributed by atoms with Gasteiger partial charge in [0, 0.05) is 24.5 Å². The molecule has 146 valence electrons. The molecule has 1 unspecified atom stereocenters. The lowest BCUT2D eigenvalue weighted by atomic mass is 9.73. The van der Waals surface area contributed by atoms with Gasteiger partial charge in [-0.25, -0.2) is 0 Å². The van der Waals surface area contributed by atoms with Crippen LogP contribution >= 0.6 is 0 Å². The third kappa shape index (κ3) is 3.40. The molecule has 5 nitrogen and oxygen atoms in total. The van der Waals surface area contributed by atoms with Crippen LogP contribution in [0.5, 0.6) is 0 Å². The normalized spacial score (nSPS) is 17.8. The van der Waals surface area contributed by atoms with Crippen LogP contribution in [0.4, 0.5) is 11.4 Å². The predicted molar refractivity (Wildman–Crippen MR) is 111 cm³/mol. The number of amides is 1. The van der Waals surface area contributed by atoms with Crippen LogP contribution < -0.4 is 4.90 Å². The number of aromatic nitrogens is 1. The van der Waals surface area contributed by atoms with Crippen molar-refractivity contribution in [2.24, 2.45) is 0 Å². The van der Waals surface area contributed by atoms with Gasteiger partial charge in [0.2, 0.25) is 5.91 Å². The molecule has 2 aromatic carbocycles. The van der Waals surface area contributed by atoms with Gasteiger partial charge in [-0.05, 0) is 54.3 Å². The van der Waals surface area contributed by atoms with Gasteiger partial charge in [-0.1, -0.05) is 36.4 Å². The summed E-state index contributed by atoms with van der Waals surface area (Å²) < 4.78 is 4.87. The van der Waals surface area contributed by atoms with Crippen molar-refractivity contribution in [1.29, 1.82) is 0 Å². The lowest BCUT2D eigenvalue weighted by Gasteiger charge is -2.29. The molecule has 0 N–H and O–H groups in total. The van der Waals surface area contributed by atoms with Crippen LogP contribution in [0.25, 0.3) is 0 Å². The maximum absolute atomic E-state index is 13.9. The van der Waals surface area contributed by atoms with Gasteiger partial charge in [-0.15, -0.1) is 0 Å². The number of ether oxygens (including phenoxy) is 1. The van der Waals surface area contributed by atoms with Crippen molar-refractivity contribution in [3.8, 4) is 0 Å². The number of esters is 1. The summed E-state index contributed by atoms with van der Waals surface area (Å²) in [6.07, 6.45) is 4.49. The molecule has 3 aromatic rings. The average molecular weight is 386 g/mol. The van der Waals surface area contributed by atoms with Gasteiger partial charge in [0.05, 0.1) is 18.2 Å². The predicted octanol–water partition coefficient (Wildman–Crippen LogP) is 4.19. The summed E-state index contributed by atoms with van der Waals surface area (Å²) in [7, 11) is 1.37. The van der Waals surface area contributed by atoms with Crippen LogP contribution in [-0.2, 0) is 26.2 Å². The summed E-state index contributed by atoms with van der Waals surface area (Å²) in [6, 6.07) is 21.3. The first kappa shape index (κ1) is 18.9. The second-order valence-corrected chi connectivity index (χ2v) is 7.18. The van der Waals surface area contributed by atoms with Crippen LogP contribution in [0.3, 0.4) is 0 Å². The van der Waals surface area contributed by atoms with Gasteiger partial charge in [0.15, 0.2) is 0 Å². The molecular weight excluding hydrogens is 364 g/mol. The quantitative estimate of drug-likeness (QED) is 0.596. The van der Waals surface area contributed by atoms with E-state index in [1.807, 2.05) is 66.7 Å². The lowest BCUT2D eigenvalue weighted by Crippen LogP contribution is -2.40. The smallest absolute Gasteiger partial charge is 0.305 e. The number of carbonyl (C=O) groups excluding carboxylic acids is 2. The van der Waals surface area contributed by atoms with Crippen LogP contribution in [-0.4, -0.2) is 24.0 Å². The number of anilines is 2. The number of hydrogen-bond donors (Lipinski definition) is 0. The zero-order valence-electron chi connectivity index (χ0n) is 16.2. The Morgan fingerprint density at radius 3 is 2.41 bits per heavy atom. The number of pyridine rings is 1. The highest BCUT2D eigenvalue weighted by Gasteiger charge is 2.51. The monoisotopic (exact) mass is 386 g/mol. The summed E-state index contributed by atoms with van der Waals surface area (Å²) in [5.74, 6) is -0.340. The van der Waals surface area contributed by atoms with E-state index in [1.54, 1.807) is 17.3 Å². The number of fused-ring (bicyclic) bond motifs is 1. The molecule has 0 saturated carbocycles. The molecule has 1 aliphatic rings. The first-order chi connectivity index (χ1) is 14.2. The van der Waals surface area contributed by atoms with E-state index in [0.717, 1.165) is 22.5 Å². The molecule has 0 spiro atoms. The molecule has 1 amide bonds. The number of carbonyl (C=O) groups is 2. The second kappa shape index (κ2) is 7.87. The minimum atomic E-state index is -0.845. The lowest BCUT2D eigenvalue weighted by molar-refractivity contribution is -0.141. The Balaban J connectivity index is 1.84. The molecule has 2 heterocycles. The summed E-state index contributed by atoms with van der Waals surface area (Å²) in [4.78, 5) is 31.8. The van der Waals surface area contributed by atoms with E-state index in [4.69, 9.17) is 4.74 Å². The van der Waals surface area contributed by atoms with Gasteiger partial charge in [0.25, 0.3) is 0 Å². The minimum absolute atomic E-state index is 0.0226. The third-order valence-electron chi connectivity index (χ3n) is 5.53. The van der Waals surface area contributed by atoms with Crippen molar-refractivity contribution in [3.05, 3.63) is 90.3 Å². The van der Waals surface area contributed by atoms with E-state index in [0.29, 0.717) is 12.8 Å². The first-order valence-corrected chi connectivity index (χ1v) is 9.60. The summed E-state index contributed by atoms with van der Waals surface area (Å²) >= 11 is 0. The Morgan fingerprint density at radius 2 is 1.69 bits per heavy atom. The molecule has 1 atom stereocenters. The zero-order valence-corrected chi connectivity index (χ0v) is 16.2. The third-order valence-corrected chi connectivity index (χ3v) is 5.53. The summed E-state index contributed by atoms with van der Waals surface area (Å²) in [5, 5.41) is 0. The molecule has 1 aromatic heterocycles. The molecule has 0 aliphatic carbocycles. The molecule has 5 heteroatoms. The Morgan fingerprint density at radius 1 is 1.00 bits per heavy atom. The Hall–Kier alpha value is -3.47. The van der Waals surface area contributed by atoms with Gasteiger partial charge in [-0.3, -0.25) is 19.5 Å². The number of para-hydroxylation sites is 2. The first-order valence-electron chi connectivity index (χ1n) is 9.60. The standard InChI is InChI=1S/C24H22N2O3/c1-29-22(27)11-14-24(17-18-12-15-25-16-13-18)20-9-5-6-10-21(20)26(23(24)28)19-7-3-2-4-8-19/h2-10,12-13,15-16H,11,14,17H2,1H3. The topological polar surface area (TPSA) is 59.5 Å². The van der Waals surface area contributed by atoms with Crippen molar-refractivity contribution in [2.45, 2.75) is 24.7 Å². The Kier molecular flexibility index (Phi) is 5.12. The van der Waals surface area contributed by atoms with E-state index < -0.39 is 5.41 Å². The number of hydrogen-bond acceptors (Lipinski definition) is 4. The van der Waals surface area contributed by atoms with E-state index >= 15 is 0 Å². The van der Waals surface area contributed by atoms with E-state index in [2.05, 4.69) is 4.98 Å². The van der Waals surface area contributed by atoms with E-state index in [1.165, 1.54) is 7.11 Å². The fourth-order valence-corrected chi connectivity index (χ4v) is 4.11. The van der Waals surface area contributed by atoms with Crippen molar-refractivity contribution >= 4 is 23.3 Å². The Bertz CT molecular complexity index is 1020. The van der Waals surface area contributed by atoms with Gasteiger partial charge in [0.1, 0.15) is 0 Å². The summed E-state index contributed by atoms with van der Waals surface area (Å²) in [5.41, 5.74) is 2.78. The number of nitrogens with zero attached hydrogens (tertiary/aromatic N) is 2. The maximum Gasteiger partial charge on any atom is 0.305 e.